The van der Waals surface area contributed by atoms with Gasteiger partial charge in [0.05, 0.1) is 11.4 Å². The summed E-state index contributed by atoms with van der Waals surface area (Å²) in [5, 5.41) is 5.80. The number of rotatable bonds is 7. The van der Waals surface area contributed by atoms with Gasteiger partial charge in [-0.2, -0.15) is 0 Å². The number of nitrogens with one attached hydrogen (secondary N) is 3. The highest BCUT2D eigenvalue weighted by molar-refractivity contribution is 7.89. The third-order valence-corrected chi connectivity index (χ3v) is 5.00. The number of benzene rings is 1. The van der Waals surface area contributed by atoms with Gasteiger partial charge < -0.3 is 10.6 Å². The fraction of sp³-hybridized carbons (Fsp3) is 0.500. The topological polar surface area (TPSA) is 87.3 Å². The van der Waals surface area contributed by atoms with Crippen molar-refractivity contribution in [2.75, 3.05) is 25.5 Å². The van der Waals surface area contributed by atoms with E-state index in [1.165, 1.54) is 26.0 Å². The number of sulfonamides is 1. The van der Waals surface area contributed by atoms with Crippen molar-refractivity contribution in [3.8, 4) is 0 Å². The van der Waals surface area contributed by atoms with Crippen molar-refractivity contribution in [1.82, 2.24) is 10.0 Å². The number of anilines is 1. The van der Waals surface area contributed by atoms with Gasteiger partial charge in [0.2, 0.25) is 15.9 Å². The SMILES string of the molecule is CNS(=O)(=O)c1cc(NC(=O)CNCC2CC2)ccc1C. The Kier molecular flexibility index (Phi) is 4.97. The first-order valence-corrected chi connectivity index (χ1v) is 8.45. The van der Waals surface area contributed by atoms with Gasteiger partial charge in [0, 0.05) is 5.69 Å². The highest BCUT2D eigenvalue weighted by Gasteiger charge is 2.20. The Hall–Kier alpha value is -1.44. The van der Waals surface area contributed by atoms with E-state index in [9.17, 15) is 13.2 Å². The molecule has 1 fully saturated rings. The molecule has 0 atom stereocenters. The largest absolute Gasteiger partial charge is 0.325 e. The zero-order valence-electron chi connectivity index (χ0n) is 12.3. The van der Waals surface area contributed by atoms with E-state index >= 15 is 0 Å². The molecule has 1 aromatic rings. The Balaban J connectivity index is 1.99. The second-order valence-electron chi connectivity index (χ2n) is 5.31. The van der Waals surface area contributed by atoms with Gasteiger partial charge in [-0.3, -0.25) is 4.79 Å². The molecule has 0 aromatic heterocycles. The molecule has 1 amide bonds. The molecular weight excluding hydrogens is 290 g/mol. The monoisotopic (exact) mass is 311 g/mol. The van der Waals surface area contributed by atoms with Gasteiger partial charge in [-0.05, 0) is 57.0 Å². The molecule has 0 aliphatic heterocycles. The van der Waals surface area contributed by atoms with Gasteiger partial charge in [0.15, 0.2) is 0 Å². The quantitative estimate of drug-likeness (QED) is 0.696. The van der Waals surface area contributed by atoms with Crippen LogP contribution in [0.5, 0.6) is 0 Å². The van der Waals surface area contributed by atoms with E-state index in [4.69, 9.17) is 0 Å². The maximum absolute atomic E-state index is 11.9. The molecule has 1 aliphatic rings. The Morgan fingerprint density at radius 3 is 2.67 bits per heavy atom. The van der Waals surface area contributed by atoms with Crippen molar-refractivity contribution in [1.29, 1.82) is 0 Å². The zero-order valence-corrected chi connectivity index (χ0v) is 13.1. The molecule has 0 bridgehead atoms. The number of carbonyl (C=O) groups excluding carboxylic acids is 1. The van der Waals surface area contributed by atoms with E-state index in [0.717, 1.165) is 6.54 Å². The number of aryl methyl sites for hydroxylation is 1. The number of carbonyl (C=O) groups is 1. The van der Waals surface area contributed by atoms with Crippen LogP contribution in [0.3, 0.4) is 0 Å². The van der Waals surface area contributed by atoms with Crippen LogP contribution in [0.2, 0.25) is 0 Å². The standard InChI is InChI=1S/C14H21N3O3S/c1-10-3-6-12(7-13(10)21(19,20)15-2)17-14(18)9-16-8-11-4-5-11/h3,6-7,11,15-16H,4-5,8-9H2,1-2H3,(H,17,18). The van der Waals surface area contributed by atoms with Crippen LogP contribution in [0.1, 0.15) is 18.4 Å². The number of amides is 1. The summed E-state index contributed by atoms with van der Waals surface area (Å²) in [6, 6.07) is 4.85. The Labute approximate surface area is 125 Å². The molecule has 0 radical (unpaired) electrons. The van der Waals surface area contributed by atoms with Crippen molar-refractivity contribution in [3.05, 3.63) is 23.8 Å². The normalized spacial score (nSPS) is 15.0. The van der Waals surface area contributed by atoms with E-state index in [2.05, 4.69) is 15.4 Å². The molecule has 0 spiro atoms. The Bertz CT molecular complexity index is 624. The molecule has 7 heteroatoms. The molecular formula is C14H21N3O3S. The molecule has 3 N–H and O–H groups in total. The molecule has 1 aromatic carbocycles. The summed E-state index contributed by atoms with van der Waals surface area (Å²) in [5.41, 5.74) is 1.11. The molecule has 1 aliphatic carbocycles. The maximum Gasteiger partial charge on any atom is 0.240 e. The van der Waals surface area contributed by atoms with Gasteiger partial charge in [-0.1, -0.05) is 6.07 Å². The first-order chi connectivity index (χ1) is 9.92. The predicted molar refractivity (Wildman–Crippen MR) is 81.6 cm³/mol. The summed E-state index contributed by atoms with van der Waals surface area (Å²) < 4.78 is 26.0. The summed E-state index contributed by atoms with van der Waals surface area (Å²) in [5.74, 6) is 0.539. The van der Waals surface area contributed by atoms with Crippen LogP contribution >= 0.6 is 0 Å². The highest BCUT2D eigenvalue weighted by Crippen LogP contribution is 2.27. The van der Waals surface area contributed by atoms with Crippen molar-refractivity contribution in [3.63, 3.8) is 0 Å². The van der Waals surface area contributed by atoms with Crippen LogP contribution in [-0.4, -0.2) is 34.5 Å². The lowest BCUT2D eigenvalue weighted by Gasteiger charge is -2.10. The van der Waals surface area contributed by atoms with Crippen LogP contribution in [0.4, 0.5) is 5.69 Å². The summed E-state index contributed by atoms with van der Waals surface area (Å²) in [4.78, 5) is 12.0. The minimum absolute atomic E-state index is 0.174. The summed E-state index contributed by atoms with van der Waals surface area (Å²) in [7, 11) is -2.16. The lowest BCUT2D eigenvalue weighted by atomic mass is 10.2. The van der Waals surface area contributed by atoms with E-state index in [1.54, 1.807) is 19.1 Å². The Morgan fingerprint density at radius 2 is 2.05 bits per heavy atom. The molecule has 116 valence electrons. The van der Waals surface area contributed by atoms with Gasteiger partial charge in [-0.25, -0.2) is 13.1 Å². The van der Waals surface area contributed by atoms with Crippen LogP contribution in [-0.2, 0) is 14.8 Å². The highest BCUT2D eigenvalue weighted by atomic mass is 32.2. The lowest BCUT2D eigenvalue weighted by Crippen LogP contribution is -2.29. The van der Waals surface area contributed by atoms with E-state index in [1.807, 2.05) is 0 Å². The van der Waals surface area contributed by atoms with Crippen molar-refractivity contribution < 1.29 is 13.2 Å². The number of hydrogen-bond acceptors (Lipinski definition) is 4. The minimum atomic E-state index is -3.52. The molecule has 0 saturated heterocycles. The van der Waals surface area contributed by atoms with Gasteiger partial charge in [-0.15, -0.1) is 0 Å². The van der Waals surface area contributed by atoms with E-state index in [0.29, 0.717) is 17.2 Å². The lowest BCUT2D eigenvalue weighted by molar-refractivity contribution is -0.115. The summed E-state index contributed by atoms with van der Waals surface area (Å²) >= 11 is 0. The molecule has 21 heavy (non-hydrogen) atoms. The van der Waals surface area contributed by atoms with Gasteiger partial charge in [0.1, 0.15) is 0 Å². The number of hydrogen-bond donors (Lipinski definition) is 3. The smallest absolute Gasteiger partial charge is 0.240 e. The first-order valence-electron chi connectivity index (χ1n) is 6.97. The average molecular weight is 311 g/mol. The second kappa shape index (κ2) is 6.55. The predicted octanol–water partition coefficient (Wildman–Crippen LogP) is 0.841. The van der Waals surface area contributed by atoms with Crippen LogP contribution in [0, 0.1) is 12.8 Å². The Morgan fingerprint density at radius 1 is 1.33 bits per heavy atom. The maximum atomic E-state index is 11.9. The zero-order chi connectivity index (χ0) is 15.5. The van der Waals surface area contributed by atoms with Crippen molar-refractivity contribution >= 4 is 21.6 Å². The molecule has 6 nitrogen and oxygen atoms in total. The van der Waals surface area contributed by atoms with Crippen LogP contribution in [0.15, 0.2) is 23.1 Å². The van der Waals surface area contributed by atoms with Crippen LogP contribution < -0.4 is 15.4 Å². The third-order valence-electron chi connectivity index (χ3n) is 3.45. The van der Waals surface area contributed by atoms with E-state index in [-0.39, 0.29) is 17.3 Å². The second-order valence-corrected chi connectivity index (χ2v) is 7.17. The molecule has 0 heterocycles. The van der Waals surface area contributed by atoms with Crippen molar-refractivity contribution in [2.24, 2.45) is 5.92 Å². The van der Waals surface area contributed by atoms with E-state index < -0.39 is 10.0 Å². The average Bonchev–Trinajstić information content (AvgIpc) is 3.25. The van der Waals surface area contributed by atoms with Crippen molar-refractivity contribution in [2.45, 2.75) is 24.7 Å². The van der Waals surface area contributed by atoms with Gasteiger partial charge in [0.25, 0.3) is 0 Å². The first kappa shape index (κ1) is 15.9. The molecule has 2 rings (SSSR count). The molecule has 1 saturated carbocycles. The summed E-state index contributed by atoms with van der Waals surface area (Å²) in [6.45, 7) is 2.81. The minimum Gasteiger partial charge on any atom is -0.325 e. The fourth-order valence-electron chi connectivity index (χ4n) is 1.99. The fourth-order valence-corrected chi connectivity index (χ4v) is 2.99. The molecule has 0 unspecified atom stereocenters. The summed E-state index contributed by atoms with van der Waals surface area (Å²) in [6.07, 6.45) is 2.47. The van der Waals surface area contributed by atoms with Crippen LogP contribution in [0.25, 0.3) is 0 Å². The van der Waals surface area contributed by atoms with Gasteiger partial charge >= 0.3 is 0 Å². The third kappa shape index (κ3) is 4.52.